The smallest absolute Gasteiger partial charge is 0.253 e. The number of halogens is 2. The van der Waals surface area contributed by atoms with Crippen LogP contribution in [0.2, 0.25) is 5.02 Å². The van der Waals surface area contributed by atoms with Crippen LogP contribution in [0.1, 0.15) is 23.7 Å². The molecule has 0 heterocycles. The Hall–Kier alpha value is -0.650. The van der Waals surface area contributed by atoms with Gasteiger partial charge in [0.15, 0.2) is 0 Å². The molecule has 1 unspecified atom stereocenters. The lowest BCUT2D eigenvalue weighted by Crippen LogP contribution is -2.35. The van der Waals surface area contributed by atoms with Gasteiger partial charge in [0.25, 0.3) is 5.91 Å². The van der Waals surface area contributed by atoms with Crippen molar-refractivity contribution in [3.8, 4) is 0 Å². The van der Waals surface area contributed by atoms with Crippen molar-refractivity contribution in [2.24, 2.45) is 5.73 Å². The van der Waals surface area contributed by atoms with E-state index in [1.54, 1.807) is 18.2 Å². The lowest BCUT2D eigenvalue weighted by atomic mass is 10.2. The maximum atomic E-state index is 11.9. The zero-order valence-electron chi connectivity index (χ0n) is 9.17. The Morgan fingerprint density at radius 3 is 2.88 bits per heavy atom. The molecule has 3 N–H and O–H groups in total. The van der Waals surface area contributed by atoms with Crippen molar-refractivity contribution in [3.63, 3.8) is 0 Å². The van der Waals surface area contributed by atoms with Gasteiger partial charge in [-0.1, -0.05) is 39.7 Å². The second kappa shape index (κ2) is 6.33. The minimum absolute atomic E-state index is 0.116. The second-order valence-corrected chi connectivity index (χ2v) is 5.52. The molecular formula is C11H12BrClN2OS. The van der Waals surface area contributed by atoms with Crippen molar-refractivity contribution < 1.29 is 4.79 Å². The highest BCUT2D eigenvalue weighted by atomic mass is 79.9. The topological polar surface area (TPSA) is 55.1 Å². The van der Waals surface area contributed by atoms with Crippen LogP contribution in [0.25, 0.3) is 0 Å². The highest BCUT2D eigenvalue weighted by molar-refractivity contribution is 9.10. The standard InChI is InChI=1S/C11H12BrClN2OS/c1-6(4-10(14)17)15-11(16)8-5-7(12)2-3-9(8)13/h2-3,5-6H,4H2,1H3,(H2,14,17)(H,15,16). The van der Waals surface area contributed by atoms with Gasteiger partial charge in [-0.25, -0.2) is 0 Å². The molecule has 0 saturated heterocycles. The van der Waals surface area contributed by atoms with E-state index in [9.17, 15) is 4.79 Å². The van der Waals surface area contributed by atoms with Gasteiger partial charge < -0.3 is 11.1 Å². The molecule has 1 amide bonds. The van der Waals surface area contributed by atoms with Gasteiger partial charge >= 0.3 is 0 Å². The van der Waals surface area contributed by atoms with E-state index in [1.165, 1.54) is 0 Å². The van der Waals surface area contributed by atoms with Gasteiger partial charge in [-0.15, -0.1) is 0 Å². The van der Waals surface area contributed by atoms with Crippen LogP contribution in [0.15, 0.2) is 22.7 Å². The largest absolute Gasteiger partial charge is 0.393 e. The second-order valence-electron chi connectivity index (χ2n) is 3.67. The van der Waals surface area contributed by atoms with E-state index in [0.717, 1.165) is 4.47 Å². The summed E-state index contributed by atoms with van der Waals surface area (Å²) in [4.78, 5) is 12.3. The molecule has 1 aromatic carbocycles. The highest BCUT2D eigenvalue weighted by Gasteiger charge is 2.13. The molecule has 6 heteroatoms. The Balaban J connectivity index is 2.76. The molecule has 1 atom stereocenters. The van der Waals surface area contributed by atoms with Gasteiger partial charge in [0.05, 0.1) is 15.6 Å². The average Bonchev–Trinajstić information content (AvgIpc) is 2.20. The monoisotopic (exact) mass is 334 g/mol. The van der Waals surface area contributed by atoms with E-state index in [2.05, 4.69) is 21.2 Å². The number of carbonyl (C=O) groups excluding carboxylic acids is 1. The molecule has 0 saturated carbocycles. The van der Waals surface area contributed by atoms with Gasteiger partial charge in [0.1, 0.15) is 0 Å². The van der Waals surface area contributed by atoms with Crippen molar-refractivity contribution in [3.05, 3.63) is 33.3 Å². The zero-order chi connectivity index (χ0) is 13.0. The SMILES string of the molecule is CC(CC(N)=S)NC(=O)c1cc(Br)ccc1Cl. The maximum Gasteiger partial charge on any atom is 0.253 e. The van der Waals surface area contributed by atoms with Gasteiger partial charge in [-0.2, -0.15) is 0 Å². The van der Waals surface area contributed by atoms with Crippen molar-refractivity contribution in [1.29, 1.82) is 0 Å². The summed E-state index contributed by atoms with van der Waals surface area (Å²) >= 11 is 14.0. The van der Waals surface area contributed by atoms with Crippen molar-refractivity contribution in [2.45, 2.75) is 19.4 Å². The molecule has 3 nitrogen and oxygen atoms in total. The summed E-state index contributed by atoms with van der Waals surface area (Å²) in [5.74, 6) is -0.236. The maximum absolute atomic E-state index is 11.9. The van der Waals surface area contributed by atoms with Crippen molar-refractivity contribution >= 4 is 50.6 Å². The molecule has 0 fully saturated rings. The van der Waals surface area contributed by atoms with Crippen LogP contribution < -0.4 is 11.1 Å². The summed E-state index contributed by atoms with van der Waals surface area (Å²) in [5.41, 5.74) is 5.84. The molecule has 0 aromatic heterocycles. The Kier molecular flexibility index (Phi) is 5.36. The third-order valence-corrected chi connectivity index (χ3v) is 3.05. The lowest BCUT2D eigenvalue weighted by molar-refractivity contribution is 0.0941. The number of hydrogen-bond donors (Lipinski definition) is 2. The van der Waals surface area contributed by atoms with Crippen molar-refractivity contribution in [2.75, 3.05) is 0 Å². The molecule has 1 aromatic rings. The van der Waals surface area contributed by atoms with E-state index in [-0.39, 0.29) is 11.9 Å². The Bertz CT molecular complexity index is 453. The van der Waals surface area contributed by atoms with Crippen LogP contribution >= 0.6 is 39.7 Å². The Morgan fingerprint density at radius 2 is 2.29 bits per heavy atom. The first-order valence-electron chi connectivity index (χ1n) is 4.94. The van der Waals surface area contributed by atoms with Crippen LogP contribution in [0.3, 0.4) is 0 Å². The van der Waals surface area contributed by atoms with Crippen LogP contribution in [0.4, 0.5) is 0 Å². The number of amides is 1. The molecule has 0 bridgehead atoms. The molecule has 92 valence electrons. The van der Waals surface area contributed by atoms with Crippen LogP contribution in [-0.2, 0) is 0 Å². The number of rotatable bonds is 4. The fourth-order valence-corrected chi connectivity index (χ4v) is 2.14. The third kappa shape index (κ3) is 4.61. The van der Waals surface area contributed by atoms with Gasteiger partial charge in [-0.3, -0.25) is 4.79 Å². The molecule has 0 radical (unpaired) electrons. The number of thiocarbonyl (C=S) groups is 1. The molecule has 0 aliphatic carbocycles. The van der Waals surface area contributed by atoms with Gasteiger partial charge in [0.2, 0.25) is 0 Å². The summed E-state index contributed by atoms with van der Waals surface area (Å²) < 4.78 is 0.800. The van der Waals surface area contributed by atoms with Gasteiger partial charge in [-0.05, 0) is 25.1 Å². The van der Waals surface area contributed by atoms with Crippen LogP contribution in [0.5, 0.6) is 0 Å². The van der Waals surface area contributed by atoms with E-state index in [0.29, 0.717) is 22.0 Å². The van der Waals surface area contributed by atoms with Crippen molar-refractivity contribution in [1.82, 2.24) is 5.32 Å². The third-order valence-electron chi connectivity index (χ3n) is 2.06. The Labute approximate surface area is 119 Å². The van der Waals surface area contributed by atoms with E-state index >= 15 is 0 Å². The fraction of sp³-hybridized carbons (Fsp3) is 0.273. The Morgan fingerprint density at radius 1 is 1.65 bits per heavy atom. The number of benzene rings is 1. The average molecular weight is 336 g/mol. The summed E-state index contributed by atoms with van der Waals surface area (Å²) in [7, 11) is 0. The molecule has 0 spiro atoms. The number of nitrogens with one attached hydrogen (secondary N) is 1. The van der Waals surface area contributed by atoms with E-state index in [1.807, 2.05) is 6.92 Å². The summed E-state index contributed by atoms with van der Waals surface area (Å²) in [5, 5.41) is 3.19. The van der Waals surface area contributed by atoms with Crippen LogP contribution in [0, 0.1) is 0 Å². The minimum Gasteiger partial charge on any atom is -0.393 e. The fourth-order valence-electron chi connectivity index (χ4n) is 1.33. The summed E-state index contributed by atoms with van der Waals surface area (Å²) in [6.07, 6.45) is 0.465. The lowest BCUT2D eigenvalue weighted by Gasteiger charge is -2.13. The molecule has 17 heavy (non-hydrogen) atoms. The first kappa shape index (κ1) is 14.4. The predicted molar refractivity (Wildman–Crippen MR) is 77.5 cm³/mol. The molecule has 1 rings (SSSR count). The zero-order valence-corrected chi connectivity index (χ0v) is 12.3. The van der Waals surface area contributed by atoms with Gasteiger partial charge in [0, 0.05) is 16.9 Å². The molecular weight excluding hydrogens is 324 g/mol. The minimum atomic E-state index is -0.236. The summed E-state index contributed by atoms with van der Waals surface area (Å²) in [6.45, 7) is 1.84. The molecule has 0 aliphatic heterocycles. The predicted octanol–water partition coefficient (Wildman–Crippen LogP) is 2.90. The van der Waals surface area contributed by atoms with E-state index in [4.69, 9.17) is 29.6 Å². The first-order valence-corrected chi connectivity index (χ1v) is 6.52. The number of hydrogen-bond acceptors (Lipinski definition) is 2. The first-order chi connectivity index (χ1) is 7.90. The van der Waals surface area contributed by atoms with E-state index < -0.39 is 0 Å². The number of carbonyl (C=O) groups is 1. The quantitative estimate of drug-likeness (QED) is 0.832. The summed E-state index contributed by atoms with van der Waals surface area (Å²) in [6, 6.07) is 5.00. The number of nitrogens with two attached hydrogens (primary N) is 1. The highest BCUT2D eigenvalue weighted by Crippen LogP contribution is 2.21. The molecule has 0 aliphatic rings. The van der Waals surface area contributed by atoms with Crippen LogP contribution in [-0.4, -0.2) is 16.9 Å². The normalized spacial score (nSPS) is 11.9.